The Labute approximate surface area is 69.5 Å². The number of rotatable bonds is 5. The zero-order valence-electron chi connectivity index (χ0n) is 5.35. The van der Waals surface area contributed by atoms with Gasteiger partial charge in [0, 0.05) is 6.42 Å². The van der Waals surface area contributed by atoms with E-state index in [1.807, 2.05) is 0 Å². The first kappa shape index (κ1) is 9.92. The fraction of sp³-hybridized carbons (Fsp3) is 0.667. The fourth-order valence-corrected chi connectivity index (χ4v) is 0.757. The minimum Gasteiger partial charge on any atom is -0.303 e. The number of hydrogen-bond acceptors (Lipinski definition) is 2. The molecular weight excluding hydrogens is 175 g/mol. The number of carbonyl (C=O) groups excluding carboxylic acids is 2. The van der Waals surface area contributed by atoms with Crippen molar-refractivity contribution in [2.24, 2.45) is 0 Å². The maximum absolute atomic E-state index is 10.3. The predicted molar refractivity (Wildman–Crippen MR) is 40.4 cm³/mol. The Hall–Kier alpha value is -0.0800. The van der Waals surface area contributed by atoms with Crippen molar-refractivity contribution in [2.75, 3.05) is 0 Å². The number of halogens is 2. The highest BCUT2D eigenvalue weighted by Gasteiger charge is 2.10. The summed E-state index contributed by atoms with van der Waals surface area (Å²) >= 11 is 10.5. The van der Waals surface area contributed by atoms with Crippen molar-refractivity contribution in [3.8, 4) is 0 Å². The summed E-state index contributed by atoms with van der Waals surface area (Å²) in [6, 6.07) is 0. The Morgan fingerprint density at radius 1 is 1.60 bits per heavy atom. The monoisotopic (exact) mass is 182 g/mol. The molecule has 1 atom stereocenters. The second kappa shape index (κ2) is 5.69. The van der Waals surface area contributed by atoms with Gasteiger partial charge in [-0.2, -0.15) is 0 Å². The first-order chi connectivity index (χ1) is 4.68. The smallest absolute Gasteiger partial charge is 0.239 e. The summed E-state index contributed by atoms with van der Waals surface area (Å²) in [6.07, 6.45) is 2.33. The number of carbonyl (C=O) groups is 2. The molecule has 0 radical (unpaired) electrons. The molecule has 0 heterocycles. The average Bonchev–Trinajstić information content (AvgIpc) is 1.88. The van der Waals surface area contributed by atoms with Gasteiger partial charge in [-0.3, -0.25) is 4.79 Å². The lowest BCUT2D eigenvalue weighted by molar-refractivity contribution is -0.112. The summed E-state index contributed by atoms with van der Waals surface area (Å²) in [6.45, 7) is 0. The first-order valence-corrected chi connectivity index (χ1v) is 3.77. The summed E-state index contributed by atoms with van der Waals surface area (Å²) in [4.78, 5) is 20.1. The van der Waals surface area contributed by atoms with Crippen LogP contribution < -0.4 is 0 Å². The van der Waals surface area contributed by atoms with Crippen molar-refractivity contribution < 1.29 is 9.59 Å². The summed E-state index contributed by atoms with van der Waals surface area (Å²) < 4.78 is 0. The van der Waals surface area contributed by atoms with Gasteiger partial charge in [0.25, 0.3) is 0 Å². The summed E-state index contributed by atoms with van der Waals surface area (Å²) in [7, 11) is 0. The zero-order valence-corrected chi connectivity index (χ0v) is 6.86. The molecule has 10 heavy (non-hydrogen) atoms. The van der Waals surface area contributed by atoms with Crippen molar-refractivity contribution >= 4 is 34.7 Å². The van der Waals surface area contributed by atoms with E-state index in [0.717, 1.165) is 6.29 Å². The van der Waals surface area contributed by atoms with Crippen molar-refractivity contribution in [2.45, 2.75) is 24.6 Å². The molecule has 0 aliphatic rings. The lowest BCUT2D eigenvalue weighted by Crippen LogP contribution is -2.06. The molecule has 0 saturated heterocycles. The van der Waals surface area contributed by atoms with Crippen LogP contribution >= 0.6 is 23.2 Å². The molecule has 0 amide bonds. The summed E-state index contributed by atoms with van der Waals surface area (Å²) in [5, 5.41) is -1.19. The number of alkyl halides is 1. The standard InChI is InChI=1S/C6H8Cl2O2/c7-5(6(8)10)3-1-2-4-9/h4-5H,1-3H2. The molecule has 1 unspecified atom stereocenters. The molecule has 0 aromatic rings. The van der Waals surface area contributed by atoms with Crippen LogP contribution in [0, 0.1) is 0 Å². The third-order valence-electron chi connectivity index (χ3n) is 1.03. The molecule has 0 saturated carbocycles. The molecule has 0 aromatic heterocycles. The van der Waals surface area contributed by atoms with Crippen LogP contribution in [-0.2, 0) is 9.59 Å². The molecule has 0 aromatic carbocycles. The molecular formula is C6H8Cl2O2. The van der Waals surface area contributed by atoms with Crippen LogP contribution in [0.15, 0.2) is 0 Å². The van der Waals surface area contributed by atoms with Crippen LogP contribution in [0.1, 0.15) is 19.3 Å². The third kappa shape index (κ3) is 4.77. The maximum Gasteiger partial charge on any atom is 0.239 e. The average molecular weight is 183 g/mol. The molecule has 0 aliphatic heterocycles. The van der Waals surface area contributed by atoms with Gasteiger partial charge in [0.2, 0.25) is 5.24 Å². The molecule has 0 spiro atoms. The second-order valence-electron chi connectivity index (χ2n) is 1.87. The fourth-order valence-electron chi connectivity index (χ4n) is 0.494. The van der Waals surface area contributed by atoms with E-state index in [1.165, 1.54) is 0 Å². The Morgan fingerprint density at radius 3 is 2.60 bits per heavy atom. The quantitative estimate of drug-likeness (QED) is 0.281. The maximum atomic E-state index is 10.3. The molecule has 0 rings (SSSR count). The lowest BCUT2D eigenvalue weighted by atomic mass is 10.2. The minimum atomic E-state index is -0.637. The normalized spacial score (nSPS) is 12.6. The molecule has 2 nitrogen and oxygen atoms in total. The Bertz CT molecular complexity index is 125. The predicted octanol–water partition coefficient (Wildman–Crippen LogP) is 1.73. The van der Waals surface area contributed by atoms with Gasteiger partial charge in [0.1, 0.15) is 11.7 Å². The van der Waals surface area contributed by atoms with E-state index in [-0.39, 0.29) is 0 Å². The van der Waals surface area contributed by atoms with Crippen LogP contribution in [0.3, 0.4) is 0 Å². The highest BCUT2D eigenvalue weighted by atomic mass is 35.5. The zero-order chi connectivity index (χ0) is 7.98. The van der Waals surface area contributed by atoms with Crippen LogP contribution in [0.5, 0.6) is 0 Å². The van der Waals surface area contributed by atoms with Gasteiger partial charge in [-0.25, -0.2) is 0 Å². The van der Waals surface area contributed by atoms with Gasteiger partial charge in [0.15, 0.2) is 0 Å². The number of hydrogen-bond donors (Lipinski definition) is 0. The molecule has 4 heteroatoms. The topological polar surface area (TPSA) is 34.1 Å². The molecule has 0 fully saturated rings. The summed E-state index contributed by atoms with van der Waals surface area (Å²) in [5.74, 6) is 0. The third-order valence-corrected chi connectivity index (χ3v) is 1.82. The van der Waals surface area contributed by atoms with Crippen LogP contribution in [0.2, 0.25) is 0 Å². The van der Waals surface area contributed by atoms with Gasteiger partial charge in [-0.15, -0.1) is 11.6 Å². The largest absolute Gasteiger partial charge is 0.303 e. The number of aldehydes is 1. The van der Waals surface area contributed by atoms with E-state index in [1.54, 1.807) is 0 Å². The Morgan fingerprint density at radius 2 is 2.20 bits per heavy atom. The second-order valence-corrected chi connectivity index (χ2v) is 2.77. The van der Waals surface area contributed by atoms with Gasteiger partial charge in [-0.05, 0) is 24.4 Å². The van der Waals surface area contributed by atoms with Crippen LogP contribution in [-0.4, -0.2) is 16.9 Å². The van der Waals surface area contributed by atoms with E-state index in [2.05, 4.69) is 0 Å². The number of unbranched alkanes of at least 4 members (excludes halogenated alkanes) is 1. The Balaban J connectivity index is 3.30. The van der Waals surface area contributed by atoms with E-state index in [0.29, 0.717) is 19.3 Å². The molecule has 0 bridgehead atoms. The van der Waals surface area contributed by atoms with Crippen molar-refractivity contribution in [1.82, 2.24) is 0 Å². The van der Waals surface area contributed by atoms with Gasteiger partial charge >= 0.3 is 0 Å². The Kier molecular flexibility index (Phi) is 5.64. The van der Waals surface area contributed by atoms with E-state index in [9.17, 15) is 9.59 Å². The van der Waals surface area contributed by atoms with Crippen molar-refractivity contribution in [3.63, 3.8) is 0 Å². The lowest BCUT2D eigenvalue weighted by Gasteiger charge is -1.99. The van der Waals surface area contributed by atoms with Gasteiger partial charge < -0.3 is 4.79 Å². The minimum absolute atomic E-state index is 0.438. The van der Waals surface area contributed by atoms with Crippen molar-refractivity contribution in [3.05, 3.63) is 0 Å². The SMILES string of the molecule is O=CCCCC(Cl)C(=O)Cl. The van der Waals surface area contributed by atoms with E-state index < -0.39 is 10.6 Å². The van der Waals surface area contributed by atoms with Gasteiger partial charge in [-0.1, -0.05) is 0 Å². The highest BCUT2D eigenvalue weighted by molar-refractivity contribution is 6.69. The van der Waals surface area contributed by atoms with Crippen LogP contribution in [0.25, 0.3) is 0 Å². The molecule has 58 valence electrons. The molecule has 0 N–H and O–H groups in total. The summed E-state index contributed by atoms with van der Waals surface area (Å²) in [5.41, 5.74) is 0. The highest BCUT2D eigenvalue weighted by Crippen LogP contribution is 2.09. The molecule has 0 aliphatic carbocycles. The van der Waals surface area contributed by atoms with Crippen LogP contribution in [0.4, 0.5) is 0 Å². The van der Waals surface area contributed by atoms with E-state index >= 15 is 0 Å². The van der Waals surface area contributed by atoms with E-state index in [4.69, 9.17) is 23.2 Å². The van der Waals surface area contributed by atoms with Gasteiger partial charge in [0.05, 0.1) is 0 Å². The first-order valence-electron chi connectivity index (χ1n) is 2.95. The van der Waals surface area contributed by atoms with Crippen molar-refractivity contribution in [1.29, 1.82) is 0 Å².